The fourth-order valence-corrected chi connectivity index (χ4v) is 3.88. The standard InChI is InChI=1S/C20H27N5O2.2ClH/c1-13-6-7-14(19-24-23-18-5-3-2-4-10-25(18)19)11-16(13)22-20(26)17-9-8-15(12-21)27-17;;/h6-7,11,15,17H,2-5,8-10,12,21H2,1H3,(H,22,26);2*1H/t15-,17+;;/m1../s1. The molecular formula is C20H29Cl2N5O2. The van der Waals surface area contributed by atoms with Crippen LogP contribution in [0.2, 0.25) is 0 Å². The maximum atomic E-state index is 12.6. The van der Waals surface area contributed by atoms with Crippen molar-refractivity contribution in [2.45, 2.75) is 64.2 Å². The Morgan fingerprint density at radius 1 is 1.24 bits per heavy atom. The molecule has 1 fully saturated rings. The molecule has 1 saturated heterocycles. The topological polar surface area (TPSA) is 95.1 Å². The Morgan fingerprint density at radius 3 is 2.83 bits per heavy atom. The van der Waals surface area contributed by atoms with E-state index in [2.05, 4.69) is 20.1 Å². The fraction of sp³-hybridized carbons (Fsp3) is 0.550. The van der Waals surface area contributed by atoms with Crippen molar-refractivity contribution in [3.63, 3.8) is 0 Å². The van der Waals surface area contributed by atoms with E-state index in [1.165, 1.54) is 12.8 Å². The van der Waals surface area contributed by atoms with Crippen LogP contribution in [-0.4, -0.2) is 39.4 Å². The summed E-state index contributed by atoms with van der Waals surface area (Å²) >= 11 is 0. The van der Waals surface area contributed by atoms with Crippen LogP contribution >= 0.6 is 24.8 Å². The summed E-state index contributed by atoms with van der Waals surface area (Å²) in [7, 11) is 0. The smallest absolute Gasteiger partial charge is 0.253 e. The summed E-state index contributed by atoms with van der Waals surface area (Å²) in [5, 5.41) is 11.8. The summed E-state index contributed by atoms with van der Waals surface area (Å²) in [4.78, 5) is 12.6. The van der Waals surface area contributed by atoms with Crippen molar-refractivity contribution in [1.82, 2.24) is 14.8 Å². The van der Waals surface area contributed by atoms with E-state index in [1.807, 2.05) is 25.1 Å². The molecule has 0 unspecified atom stereocenters. The van der Waals surface area contributed by atoms with Crippen LogP contribution in [0.4, 0.5) is 5.69 Å². The van der Waals surface area contributed by atoms with Gasteiger partial charge in [-0.05, 0) is 44.2 Å². The highest BCUT2D eigenvalue weighted by Crippen LogP contribution is 2.28. The molecule has 0 radical (unpaired) electrons. The maximum Gasteiger partial charge on any atom is 0.253 e. The number of aromatic nitrogens is 3. The van der Waals surface area contributed by atoms with E-state index in [4.69, 9.17) is 10.5 Å². The molecule has 1 aromatic heterocycles. The number of aryl methyl sites for hydroxylation is 2. The van der Waals surface area contributed by atoms with Gasteiger partial charge in [-0.2, -0.15) is 0 Å². The molecule has 2 aromatic rings. The highest BCUT2D eigenvalue weighted by Gasteiger charge is 2.30. The third kappa shape index (κ3) is 5.09. The van der Waals surface area contributed by atoms with E-state index in [0.29, 0.717) is 13.0 Å². The molecule has 2 atom stereocenters. The van der Waals surface area contributed by atoms with Crippen LogP contribution in [0.5, 0.6) is 0 Å². The van der Waals surface area contributed by atoms with Gasteiger partial charge < -0.3 is 20.4 Å². The Bertz CT molecular complexity index is 842. The van der Waals surface area contributed by atoms with Gasteiger partial charge in [0.1, 0.15) is 11.9 Å². The third-order valence-electron chi connectivity index (χ3n) is 5.53. The quantitative estimate of drug-likeness (QED) is 0.758. The van der Waals surface area contributed by atoms with Crippen molar-refractivity contribution in [2.24, 2.45) is 5.73 Å². The summed E-state index contributed by atoms with van der Waals surface area (Å²) in [6.07, 6.45) is 5.62. The first-order chi connectivity index (χ1) is 13.2. The number of hydrogen-bond donors (Lipinski definition) is 2. The van der Waals surface area contributed by atoms with E-state index in [9.17, 15) is 4.79 Å². The SMILES string of the molecule is Cc1ccc(-c2nnc3n2CCCCC3)cc1NC(=O)[C@@H]1CC[C@H](CN)O1.Cl.Cl. The number of nitrogens with two attached hydrogens (primary N) is 1. The van der Waals surface area contributed by atoms with Crippen LogP contribution < -0.4 is 11.1 Å². The molecule has 0 bridgehead atoms. The molecule has 4 rings (SSSR count). The van der Waals surface area contributed by atoms with Gasteiger partial charge >= 0.3 is 0 Å². The number of benzene rings is 1. The van der Waals surface area contributed by atoms with Gasteiger partial charge in [0.15, 0.2) is 5.82 Å². The molecule has 3 N–H and O–H groups in total. The first-order valence-electron chi connectivity index (χ1n) is 9.85. The van der Waals surface area contributed by atoms with Crippen LogP contribution in [0, 0.1) is 6.92 Å². The Kier molecular flexibility index (Phi) is 8.46. The van der Waals surface area contributed by atoms with E-state index in [0.717, 1.165) is 54.3 Å². The zero-order valence-electron chi connectivity index (χ0n) is 16.6. The Hall–Kier alpha value is -1.67. The Morgan fingerprint density at radius 2 is 2.07 bits per heavy atom. The van der Waals surface area contributed by atoms with Gasteiger partial charge in [-0.25, -0.2) is 0 Å². The molecule has 0 aliphatic carbocycles. The molecule has 2 aliphatic heterocycles. The molecule has 29 heavy (non-hydrogen) atoms. The van der Waals surface area contributed by atoms with E-state index < -0.39 is 6.10 Å². The van der Waals surface area contributed by atoms with Gasteiger partial charge in [-0.15, -0.1) is 35.0 Å². The molecule has 3 heterocycles. The normalized spacial score (nSPS) is 20.8. The largest absolute Gasteiger partial charge is 0.364 e. The van der Waals surface area contributed by atoms with Crippen molar-refractivity contribution in [3.8, 4) is 11.4 Å². The summed E-state index contributed by atoms with van der Waals surface area (Å²) in [5.41, 5.74) is 8.42. The number of nitrogens with one attached hydrogen (secondary N) is 1. The van der Waals surface area contributed by atoms with E-state index in [1.54, 1.807) is 0 Å². The molecule has 0 saturated carbocycles. The second-order valence-corrected chi connectivity index (χ2v) is 7.48. The number of anilines is 1. The first kappa shape index (κ1) is 23.6. The number of hydrogen-bond acceptors (Lipinski definition) is 5. The highest BCUT2D eigenvalue weighted by molar-refractivity contribution is 5.95. The van der Waals surface area contributed by atoms with Gasteiger partial charge in [0.05, 0.1) is 6.10 Å². The lowest BCUT2D eigenvalue weighted by molar-refractivity contribution is -0.126. The molecule has 9 heteroatoms. The van der Waals surface area contributed by atoms with Gasteiger partial charge in [-0.3, -0.25) is 4.79 Å². The van der Waals surface area contributed by atoms with Crippen molar-refractivity contribution in [1.29, 1.82) is 0 Å². The summed E-state index contributed by atoms with van der Waals surface area (Å²) in [6, 6.07) is 6.05. The highest BCUT2D eigenvalue weighted by atomic mass is 35.5. The predicted molar refractivity (Wildman–Crippen MR) is 118 cm³/mol. The lowest BCUT2D eigenvalue weighted by atomic mass is 10.1. The van der Waals surface area contributed by atoms with Crippen LogP contribution in [-0.2, 0) is 22.5 Å². The third-order valence-corrected chi connectivity index (χ3v) is 5.53. The lowest BCUT2D eigenvalue weighted by Crippen LogP contribution is -2.30. The van der Waals surface area contributed by atoms with Gasteiger partial charge in [0.25, 0.3) is 5.91 Å². The number of fused-ring (bicyclic) bond motifs is 1. The minimum Gasteiger partial charge on any atom is -0.364 e. The zero-order valence-corrected chi connectivity index (χ0v) is 18.2. The molecule has 0 spiro atoms. The number of halogens is 2. The molecule has 2 aliphatic rings. The number of rotatable bonds is 4. The van der Waals surface area contributed by atoms with Crippen LogP contribution in [0.15, 0.2) is 18.2 Å². The molecule has 160 valence electrons. The minimum absolute atomic E-state index is 0. The Balaban J connectivity index is 0.00000150. The maximum absolute atomic E-state index is 12.6. The van der Waals surface area contributed by atoms with Crippen LogP contribution in [0.3, 0.4) is 0 Å². The van der Waals surface area contributed by atoms with Crippen molar-refractivity contribution < 1.29 is 9.53 Å². The molecular weight excluding hydrogens is 413 g/mol. The van der Waals surface area contributed by atoms with E-state index in [-0.39, 0.29) is 36.8 Å². The number of amides is 1. The van der Waals surface area contributed by atoms with Crippen molar-refractivity contribution in [2.75, 3.05) is 11.9 Å². The average molecular weight is 442 g/mol. The van der Waals surface area contributed by atoms with E-state index >= 15 is 0 Å². The number of carbonyl (C=O) groups excluding carboxylic acids is 1. The Labute approximate surface area is 183 Å². The molecule has 1 amide bonds. The molecule has 1 aromatic carbocycles. The fourth-order valence-electron chi connectivity index (χ4n) is 3.88. The zero-order chi connectivity index (χ0) is 18.8. The summed E-state index contributed by atoms with van der Waals surface area (Å²) in [6.45, 7) is 3.39. The minimum atomic E-state index is -0.425. The van der Waals surface area contributed by atoms with Crippen LogP contribution in [0.25, 0.3) is 11.4 Å². The number of ether oxygens (including phenoxy) is 1. The lowest BCUT2D eigenvalue weighted by Gasteiger charge is -2.15. The summed E-state index contributed by atoms with van der Waals surface area (Å²) < 4.78 is 7.93. The van der Waals surface area contributed by atoms with Gasteiger partial charge in [-0.1, -0.05) is 18.6 Å². The van der Waals surface area contributed by atoms with Gasteiger partial charge in [0.2, 0.25) is 0 Å². The monoisotopic (exact) mass is 441 g/mol. The van der Waals surface area contributed by atoms with Crippen molar-refractivity contribution in [3.05, 3.63) is 29.6 Å². The first-order valence-corrected chi connectivity index (χ1v) is 9.85. The van der Waals surface area contributed by atoms with Gasteiger partial charge in [0, 0.05) is 30.8 Å². The molecule has 7 nitrogen and oxygen atoms in total. The predicted octanol–water partition coefficient (Wildman–Crippen LogP) is 3.27. The van der Waals surface area contributed by atoms with Crippen LogP contribution in [0.1, 0.15) is 43.5 Å². The second kappa shape index (κ2) is 10.4. The number of nitrogens with zero attached hydrogens (tertiary/aromatic N) is 3. The van der Waals surface area contributed by atoms with Crippen molar-refractivity contribution >= 4 is 36.4 Å². The second-order valence-electron chi connectivity index (χ2n) is 7.48. The average Bonchev–Trinajstić information content (AvgIpc) is 3.25. The summed E-state index contributed by atoms with van der Waals surface area (Å²) in [5.74, 6) is 1.83. The number of carbonyl (C=O) groups is 1.